The molecule has 0 saturated heterocycles. The van der Waals surface area contributed by atoms with Crippen LogP contribution >= 0.6 is 0 Å². The highest BCUT2D eigenvalue weighted by atomic mass is 14.6. The number of nitrogen functional groups attached to an aromatic ring is 1. The first kappa shape index (κ1) is 13.9. The summed E-state index contributed by atoms with van der Waals surface area (Å²) in [7, 11) is 0. The molecule has 106 valence electrons. The quantitative estimate of drug-likeness (QED) is 0.725. The molecule has 0 bridgehead atoms. The molecule has 0 saturated carbocycles. The predicted molar refractivity (Wildman–Crippen MR) is 90.3 cm³/mol. The van der Waals surface area contributed by atoms with Gasteiger partial charge in [0, 0.05) is 11.3 Å². The van der Waals surface area contributed by atoms with Gasteiger partial charge in [0.2, 0.25) is 0 Å². The van der Waals surface area contributed by atoms with E-state index in [4.69, 9.17) is 11.0 Å². The zero-order valence-electron chi connectivity index (χ0n) is 12.2. The number of hydrogen-bond donors (Lipinski definition) is 1. The summed E-state index contributed by atoms with van der Waals surface area (Å²) in [5, 5.41) is 8.88. The van der Waals surface area contributed by atoms with Crippen LogP contribution in [-0.4, -0.2) is 0 Å². The van der Waals surface area contributed by atoms with Gasteiger partial charge < -0.3 is 5.73 Å². The second-order valence-corrected chi connectivity index (χ2v) is 5.23. The molecule has 2 nitrogen and oxygen atoms in total. The van der Waals surface area contributed by atoms with Gasteiger partial charge in [-0.25, -0.2) is 0 Å². The van der Waals surface area contributed by atoms with Gasteiger partial charge in [-0.05, 0) is 41.3 Å². The number of nitriles is 1. The van der Waals surface area contributed by atoms with E-state index < -0.39 is 0 Å². The van der Waals surface area contributed by atoms with Crippen molar-refractivity contribution >= 4 is 5.69 Å². The van der Waals surface area contributed by atoms with Crippen LogP contribution in [0.2, 0.25) is 0 Å². The van der Waals surface area contributed by atoms with Crippen LogP contribution in [0.4, 0.5) is 5.69 Å². The van der Waals surface area contributed by atoms with Gasteiger partial charge in [-0.2, -0.15) is 5.26 Å². The number of para-hydroxylation sites is 1. The summed E-state index contributed by atoms with van der Waals surface area (Å²) in [5.41, 5.74) is 12.2. The lowest BCUT2D eigenvalue weighted by atomic mass is 9.94. The Labute approximate surface area is 130 Å². The highest BCUT2D eigenvalue weighted by Gasteiger charge is 2.08. The van der Waals surface area contributed by atoms with Crippen LogP contribution in [0.25, 0.3) is 11.1 Å². The highest BCUT2D eigenvalue weighted by Crippen LogP contribution is 2.30. The highest BCUT2D eigenvalue weighted by molar-refractivity contribution is 5.78. The SMILES string of the molecule is N#Cc1ccc(Cc2ccccc2-c2ccccc2N)cc1. The normalized spacial score (nSPS) is 10.1. The molecule has 3 rings (SSSR count). The lowest BCUT2D eigenvalue weighted by Gasteiger charge is -2.12. The first-order valence-corrected chi connectivity index (χ1v) is 7.20. The van der Waals surface area contributed by atoms with Gasteiger partial charge in [-0.3, -0.25) is 0 Å². The maximum atomic E-state index is 8.88. The summed E-state index contributed by atoms with van der Waals surface area (Å²) < 4.78 is 0. The lowest BCUT2D eigenvalue weighted by Crippen LogP contribution is -1.95. The monoisotopic (exact) mass is 284 g/mol. The molecule has 0 radical (unpaired) electrons. The first-order chi connectivity index (χ1) is 10.8. The Morgan fingerprint density at radius 2 is 1.41 bits per heavy atom. The number of nitrogens with two attached hydrogens (primary N) is 1. The van der Waals surface area contributed by atoms with Gasteiger partial charge in [0.25, 0.3) is 0 Å². The van der Waals surface area contributed by atoms with E-state index in [1.165, 1.54) is 11.1 Å². The predicted octanol–water partition coefficient (Wildman–Crippen LogP) is 4.40. The van der Waals surface area contributed by atoms with Crippen LogP contribution in [0.15, 0.2) is 72.8 Å². The summed E-state index contributed by atoms with van der Waals surface area (Å²) in [4.78, 5) is 0. The maximum absolute atomic E-state index is 8.88. The number of anilines is 1. The van der Waals surface area contributed by atoms with Crippen molar-refractivity contribution in [2.24, 2.45) is 0 Å². The molecule has 0 atom stereocenters. The Morgan fingerprint density at radius 3 is 2.09 bits per heavy atom. The summed E-state index contributed by atoms with van der Waals surface area (Å²) >= 11 is 0. The molecule has 0 amide bonds. The fraction of sp³-hybridized carbons (Fsp3) is 0.0500. The molecule has 0 heterocycles. The molecule has 2 heteroatoms. The summed E-state index contributed by atoms with van der Waals surface area (Å²) in [6, 6.07) is 26.1. The van der Waals surface area contributed by atoms with Crippen molar-refractivity contribution in [1.82, 2.24) is 0 Å². The van der Waals surface area contributed by atoms with E-state index >= 15 is 0 Å². The third kappa shape index (κ3) is 2.84. The molecule has 0 unspecified atom stereocenters. The van der Waals surface area contributed by atoms with E-state index in [0.29, 0.717) is 5.56 Å². The minimum atomic E-state index is 0.685. The molecule has 3 aromatic carbocycles. The molecule has 2 N–H and O–H groups in total. The Kier molecular flexibility index (Phi) is 3.89. The number of rotatable bonds is 3. The van der Waals surface area contributed by atoms with Crippen molar-refractivity contribution in [3.63, 3.8) is 0 Å². The van der Waals surface area contributed by atoms with Crippen molar-refractivity contribution in [3.8, 4) is 17.2 Å². The van der Waals surface area contributed by atoms with Gasteiger partial charge >= 0.3 is 0 Å². The van der Waals surface area contributed by atoms with Crippen LogP contribution in [0, 0.1) is 11.3 Å². The lowest BCUT2D eigenvalue weighted by molar-refractivity contribution is 1.19. The van der Waals surface area contributed by atoms with Crippen molar-refractivity contribution in [3.05, 3.63) is 89.5 Å². The number of nitrogens with zero attached hydrogens (tertiary/aromatic N) is 1. The van der Waals surface area contributed by atoms with E-state index in [-0.39, 0.29) is 0 Å². The van der Waals surface area contributed by atoms with Crippen LogP contribution in [-0.2, 0) is 6.42 Å². The van der Waals surface area contributed by atoms with Crippen molar-refractivity contribution in [2.45, 2.75) is 6.42 Å². The third-order valence-corrected chi connectivity index (χ3v) is 3.75. The zero-order chi connectivity index (χ0) is 15.4. The Hall–Kier alpha value is -3.05. The minimum Gasteiger partial charge on any atom is -0.398 e. The van der Waals surface area contributed by atoms with Crippen molar-refractivity contribution in [2.75, 3.05) is 5.73 Å². The zero-order valence-corrected chi connectivity index (χ0v) is 12.2. The van der Waals surface area contributed by atoms with E-state index in [2.05, 4.69) is 18.2 Å². The topological polar surface area (TPSA) is 49.8 Å². The average Bonchev–Trinajstić information content (AvgIpc) is 2.57. The fourth-order valence-corrected chi connectivity index (χ4v) is 2.60. The van der Waals surface area contributed by atoms with E-state index in [0.717, 1.165) is 23.2 Å². The average molecular weight is 284 g/mol. The second kappa shape index (κ2) is 6.15. The third-order valence-electron chi connectivity index (χ3n) is 3.75. The van der Waals surface area contributed by atoms with Crippen molar-refractivity contribution in [1.29, 1.82) is 5.26 Å². The summed E-state index contributed by atoms with van der Waals surface area (Å²) in [6.45, 7) is 0. The first-order valence-electron chi connectivity index (χ1n) is 7.20. The van der Waals surface area contributed by atoms with Gasteiger partial charge in [-0.15, -0.1) is 0 Å². The summed E-state index contributed by atoms with van der Waals surface area (Å²) in [5.74, 6) is 0. The Bertz CT molecular complexity index is 827. The second-order valence-electron chi connectivity index (χ2n) is 5.23. The minimum absolute atomic E-state index is 0.685. The molecule has 0 aliphatic heterocycles. The van der Waals surface area contributed by atoms with Crippen LogP contribution < -0.4 is 5.73 Å². The smallest absolute Gasteiger partial charge is 0.0991 e. The molecular formula is C20H16N2. The maximum Gasteiger partial charge on any atom is 0.0991 e. The molecule has 0 aliphatic carbocycles. The Morgan fingerprint density at radius 1 is 0.773 bits per heavy atom. The molecule has 0 aromatic heterocycles. The van der Waals surface area contributed by atoms with Gasteiger partial charge in [0.1, 0.15) is 0 Å². The van der Waals surface area contributed by atoms with Gasteiger partial charge in [-0.1, -0.05) is 54.6 Å². The van der Waals surface area contributed by atoms with Gasteiger partial charge in [0.15, 0.2) is 0 Å². The van der Waals surface area contributed by atoms with Crippen molar-refractivity contribution < 1.29 is 0 Å². The largest absolute Gasteiger partial charge is 0.398 e. The summed E-state index contributed by atoms with van der Waals surface area (Å²) in [6.07, 6.45) is 0.816. The fourth-order valence-electron chi connectivity index (χ4n) is 2.60. The van der Waals surface area contributed by atoms with E-state index in [9.17, 15) is 0 Å². The van der Waals surface area contributed by atoms with E-state index in [1.807, 2.05) is 60.7 Å². The number of benzene rings is 3. The van der Waals surface area contributed by atoms with Crippen LogP contribution in [0.1, 0.15) is 16.7 Å². The van der Waals surface area contributed by atoms with Gasteiger partial charge in [0.05, 0.1) is 11.6 Å². The standard InChI is InChI=1S/C20H16N2/c21-14-16-11-9-15(10-12-16)13-17-5-1-2-6-18(17)19-7-3-4-8-20(19)22/h1-12H,13,22H2. The number of hydrogen-bond acceptors (Lipinski definition) is 2. The molecule has 3 aromatic rings. The molecular weight excluding hydrogens is 268 g/mol. The van der Waals surface area contributed by atoms with Crippen LogP contribution in [0.5, 0.6) is 0 Å². The molecule has 0 fully saturated rings. The van der Waals surface area contributed by atoms with E-state index in [1.54, 1.807) is 0 Å². The Balaban J connectivity index is 1.98. The molecule has 0 spiro atoms. The molecule has 0 aliphatic rings. The van der Waals surface area contributed by atoms with Crippen LogP contribution in [0.3, 0.4) is 0 Å². The molecule has 22 heavy (non-hydrogen) atoms.